The number of carboxylic acid groups (broad SMARTS) is 1. The molecule has 0 bridgehead atoms. The zero-order valence-corrected chi connectivity index (χ0v) is 9.12. The lowest BCUT2D eigenvalue weighted by molar-refractivity contribution is 0.0697. The number of aryl methyl sites for hydroxylation is 1. The summed E-state index contributed by atoms with van der Waals surface area (Å²) in [7, 11) is 1.58. The molecule has 0 saturated heterocycles. The molecule has 0 saturated carbocycles. The third-order valence-electron chi connectivity index (χ3n) is 2.49. The van der Waals surface area contributed by atoms with Crippen molar-refractivity contribution in [2.45, 2.75) is 0 Å². The first-order valence-electron chi connectivity index (χ1n) is 4.88. The lowest BCUT2D eigenvalue weighted by Gasteiger charge is -2.09. The van der Waals surface area contributed by atoms with Gasteiger partial charge < -0.3 is 15.4 Å². The first-order chi connectivity index (χ1) is 8.02. The summed E-state index contributed by atoms with van der Waals surface area (Å²) in [6.45, 7) is 0. The second-order valence-corrected chi connectivity index (χ2v) is 3.61. The minimum Gasteiger partial charge on any atom is -0.478 e. The maximum Gasteiger partial charge on any atom is 0.337 e. The molecule has 0 spiro atoms. The number of nitrogens with two attached hydrogens (primary N) is 1. The summed E-state index contributed by atoms with van der Waals surface area (Å²) < 4.78 is 2.57. The van der Waals surface area contributed by atoms with Gasteiger partial charge in [0.25, 0.3) is 0 Å². The molecule has 0 aliphatic rings. The van der Waals surface area contributed by atoms with Crippen LogP contribution < -0.4 is 11.4 Å². The van der Waals surface area contributed by atoms with E-state index in [1.165, 1.54) is 27.5 Å². The fourth-order valence-corrected chi connectivity index (χ4v) is 1.64. The van der Waals surface area contributed by atoms with E-state index in [9.17, 15) is 9.59 Å². The van der Waals surface area contributed by atoms with Gasteiger partial charge in [0, 0.05) is 19.4 Å². The monoisotopic (exact) mass is 233 g/mol. The molecule has 6 nitrogen and oxygen atoms in total. The Morgan fingerprint density at radius 2 is 2.06 bits per heavy atom. The number of carboxylic acids is 1. The molecular weight excluding hydrogens is 222 g/mol. The van der Waals surface area contributed by atoms with Crippen molar-refractivity contribution < 1.29 is 9.90 Å². The van der Waals surface area contributed by atoms with E-state index in [0.29, 0.717) is 0 Å². The SMILES string of the molecule is Cn1ccn(-c2c(N)cccc2C(=O)O)c1=O. The molecule has 2 rings (SSSR count). The Balaban J connectivity index is 2.79. The molecule has 1 aromatic heterocycles. The molecule has 6 heteroatoms. The van der Waals surface area contributed by atoms with Crippen LogP contribution >= 0.6 is 0 Å². The molecule has 2 aromatic rings. The highest BCUT2D eigenvalue weighted by Gasteiger charge is 2.16. The molecule has 0 aliphatic heterocycles. The second-order valence-electron chi connectivity index (χ2n) is 3.61. The van der Waals surface area contributed by atoms with Crippen LogP contribution in [0.1, 0.15) is 10.4 Å². The fraction of sp³-hybridized carbons (Fsp3) is 0.0909. The quantitative estimate of drug-likeness (QED) is 0.737. The zero-order chi connectivity index (χ0) is 12.6. The second kappa shape index (κ2) is 3.82. The van der Waals surface area contributed by atoms with Gasteiger partial charge in [-0.05, 0) is 12.1 Å². The highest BCUT2D eigenvalue weighted by Crippen LogP contribution is 2.20. The van der Waals surface area contributed by atoms with Gasteiger partial charge in [0.2, 0.25) is 0 Å². The highest BCUT2D eigenvalue weighted by molar-refractivity contribution is 5.94. The van der Waals surface area contributed by atoms with E-state index in [-0.39, 0.29) is 22.6 Å². The third-order valence-corrected chi connectivity index (χ3v) is 2.49. The number of anilines is 1. The van der Waals surface area contributed by atoms with E-state index in [1.807, 2.05) is 0 Å². The summed E-state index contributed by atoms with van der Waals surface area (Å²) in [4.78, 5) is 22.9. The Morgan fingerprint density at radius 3 is 2.59 bits per heavy atom. The summed E-state index contributed by atoms with van der Waals surface area (Å²) in [5, 5.41) is 9.07. The number of carbonyl (C=O) groups is 1. The van der Waals surface area contributed by atoms with Crippen LogP contribution in [0.3, 0.4) is 0 Å². The van der Waals surface area contributed by atoms with Crippen molar-refractivity contribution in [1.29, 1.82) is 0 Å². The smallest absolute Gasteiger partial charge is 0.337 e. The maximum atomic E-state index is 11.8. The van der Waals surface area contributed by atoms with Crippen molar-refractivity contribution in [3.63, 3.8) is 0 Å². The van der Waals surface area contributed by atoms with Gasteiger partial charge in [0.1, 0.15) is 0 Å². The zero-order valence-electron chi connectivity index (χ0n) is 9.12. The van der Waals surface area contributed by atoms with Gasteiger partial charge in [0.05, 0.1) is 16.9 Å². The van der Waals surface area contributed by atoms with Gasteiger partial charge in [-0.25, -0.2) is 9.59 Å². The van der Waals surface area contributed by atoms with Gasteiger partial charge in [0.15, 0.2) is 0 Å². The predicted molar refractivity (Wildman–Crippen MR) is 62.4 cm³/mol. The lowest BCUT2D eigenvalue weighted by atomic mass is 10.1. The summed E-state index contributed by atoms with van der Waals surface area (Å²) >= 11 is 0. The molecule has 0 aliphatic carbocycles. The van der Waals surface area contributed by atoms with Crippen molar-refractivity contribution in [2.75, 3.05) is 5.73 Å². The van der Waals surface area contributed by atoms with Crippen molar-refractivity contribution >= 4 is 11.7 Å². The normalized spacial score (nSPS) is 10.4. The molecular formula is C11H11N3O3. The number of nitrogen functional groups attached to an aromatic ring is 1. The molecule has 0 radical (unpaired) electrons. The topological polar surface area (TPSA) is 90.2 Å². The number of benzene rings is 1. The van der Waals surface area contributed by atoms with Crippen LogP contribution in [0.15, 0.2) is 35.4 Å². The number of nitrogens with zero attached hydrogens (tertiary/aromatic N) is 2. The van der Waals surface area contributed by atoms with Gasteiger partial charge in [-0.3, -0.25) is 4.57 Å². The van der Waals surface area contributed by atoms with Crippen LogP contribution in [-0.2, 0) is 7.05 Å². The van der Waals surface area contributed by atoms with Gasteiger partial charge in [-0.1, -0.05) is 6.07 Å². The van der Waals surface area contributed by atoms with Crippen LogP contribution in [0, 0.1) is 0 Å². The van der Waals surface area contributed by atoms with Crippen LogP contribution in [0.5, 0.6) is 0 Å². The van der Waals surface area contributed by atoms with Crippen LogP contribution in [0.2, 0.25) is 0 Å². The molecule has 0 atom stereocenters. The van der Waals surface area contributed by atoms with E-state index in [2.05, 4.69) is 0 Å². The number of para-hydroxylation sites is 1. The average Bonchev–Trinajstić information content (AvgIpc) is 2.60. The molecule has 0 fully saturated rings. The van der Waals surface area contributed by atoms with Crippen LogP contribution in [0.4, 0.5) is 5.69 Å². The van der Waals surface area contributed by atoms with E-state index >= 15 is 0 Å². The minimum atomic E-state index is -1.12. The molecule has 0 amide bonds. The van der Waals surface area contributed by atoms with Crippen molar-refractivity contribution in [2.24, 2.45) is 7.05 Å². The van der Waals surface area contributed by atoms with Gasteiger partial charge in [-0.2, -0.15) is 0 Å². The number of rotatable bonds is 2. The molecule has 17 heavy (non-hydrogen) atoms. The number of aromatic nitrogens is 2. The Bertz CT molecular complexity index is 640. The average molecular weight is 233 g/mol. The Kier molecular flexibility index (Phi) is 2.47. The van der Waals surface area contributed by atoms with Crippen LogP contribution in [-0.4, -0.2) is 20.2 Å². The Hall–Kier alpha value is -2.50. The van der Waals surface area contributed by atoms with E-state index < -0.39 is 5.97 Å². The maximum absolute atomic E-state index is 11.8. The van der Waals surface area contributed by atoms with Gasteiger partial charge >= 0.3 is 11.7 Å². The Morgan fingerprint density at radius 1 is 1.35 bits per heavy atom. The third kappa shape index (κ3) is 1.69. The van der Waals surface area contributed by atoms with E-state index in [4.69, 9.17) is 10.8 Å². The van der Waals surface area contributed by atoms with E-state index in [1.54, 1.807) is 19.3 Å². The number of aromatic carboxylic acids is 1. The first kappa shape index (κ1) is 11.0. The summed E-state index contributed by atoms with van der Waals surface area (Å²) in [6.07, 6.45) is 3.03. The highest BCUT2D eigenvalue weighted by atomic mass is 16.4. The number of hydrogen-bond acceptors (Lipinski definition) is 3. The molecule has 88 valence electrons. The van der Waals surface area contributed by atoms with Crippen LogP contribution in [0.25, 0.3) is 5.69 Å². The Labute approximate surface area is 96.5 Å². The van der Waals surface area contributed by atoms with Crippen molar-refractivity contribution in [3.05, 3.63) is 46.6 Å². The summed E-state index contributed by atoms with van der Waals surface area (Å²) in [6, 6.07) is 4.50. The fourth-order valence-electron chi connectivity index (χ4n) is 1.64. The summed E-state index contributed by atoms with van der Waals surface area (Å²) in [5.74, 6) is -1.12. The summed E-state index contributed by atoms with van der Waals surface area (Å²) in [5.41, 5.74) is 5.84. The van der Waals surface area contributed by atoms with Crippen molar-refractivity contribution in [1.82, 2.24) is 9.13 Å². The van der Waals surface area contributed by atoms with Crippen molar-refractivity contribution in [3.8, 4) is 5.69 Å². The minimum absolute atomic E-state index is 0.00157. The number of hydrogen-bond donors (Lipinski definition) is 2. The first-order valence-corrected chi connectivity index (χ1v) is 4.88. The molecule has 0 unspecified atom stereocenters. The molecule has 1 heterocycles. The standard InChI is InChI=1S/C11H11N3O3/c1-13-5-6-14(11(13)17)9-7(10(15)16)3-2-4-8(9)12/h2-6H,12H2,1H3,(H,15,16). The van der Waals surface area contributed by atoms with Gasteiger partial charge in [-0.15, -0.1) is 0 Å². The lowest BCUT2D eigenvalue weighted by Crippen LogP contribution is -2.23. The predicted octanol–water partition coefficient (Wildman–Crippen LogP) is 0.456. The number of imidazole rings is 1. The van der Waals surface area contributed by atoms with E-state index in [0.717, 1.165) is 0 Å². The largest absolute Gasteiger partial charge is 0.478 e. The molecule has 3 N–H and O–H groups in total. The molecule has 1 aromatic carbocycles.